The van der Waals surface area contributed by atoms with Crippen LogP contribution in [0.15, 0.2) is 88.8 Å². The number of aromatic nitrogens is 2. The van der Waals surface area contributed by atoms with Gasteiger partial charge in [0.15, 0.2) is 5.16 Å². The zero-order valence-electron chi connectivity index (χ0n) is 16.8. The average molecular weight is 428 g/mol. The van der Waals surface area contributed by atoms with Crippen LogP contribution in [0, 0.1) is 0 Å². The maximum Gasteiger partial charge on any atom is 0.262 e. The van der Waals surface area contributed by atoms with Crippen LogP contribution in [0.1, 0.15) is 18.9 Å². The molecule has 1 fully saturated rings. The molecule has 0 aliphatic heterocycles. The average Bonchev–Trinajstić information content (AvgIpc) is 3.64. The van der Waals surface area contributed by atoms with E-state index in [9.17, 15) is 9.59 Å². The highest BCUT2D eigenvalue weighted by atomic mass is 32.2. The number of rotatable bonds is 6. The van der Waals surface area contributed by atoms with Crippen molar-refractivity contribution in [1.82, 2.24) is 9.55 Å². The van der Waals surface area contributed by atoms with Crippen LogP contribution in [0.25, 0.3) is 22.0 Å². The summed E-state index contributed by atoms with van der Waals surface area (Å²) in [5.74, 6) is 0.0694. The summed E-state index contributed by atoms with van der Waals surface area (Å²) in [5.41, 5.74) is 3.63. The first-order chi connectivity index (χ1) is 15.2. The Morgan fingerprint density at radius 2 is 1.61 bits per heavy atom. The quantitative estimate of drug-likeness (QED) is 0.342. The van der Waals surface area contributed by atoms with E-state index in [4.69, 9.17) is 0 Å². The lowest BCUT2D eigenvalue weighted by Crippen LogP contribution is -2.23. The molecule has 1 aliphatic carbocycles. The van der Waals surface area contributed by atoms with Crippen molar-refractivity contribution in [3.8, 4) is 11.1 Å². The van der Waals surface area contributed by atoms with E-state index in [1.807, 2.05) is 66.7 Å². The number of para-hydroxylation sites is 1. The van der Waals surface area contributed by atoms with Gasteiger partial charge in [0.1, 0.15) is 0 Å². The van der Waals surface area contributed by atoms with Gasteiger partial charge in [0.05, 0.1) is 16.7 Å². The van der Waals surface area contributed by atoms with Crippen molar-refractivity contribution in [2.45, 2.75) is 24.0 Å². The van der Waals surface area contributed by atoms with E-state index in [0.29, 0.717) is 16.1 Å². The van der Waals surface area contributed by atoms with Crippen LogP contribution in [0.4, 0.5) is 5.69 Å². The molecular weight excluding hydrogens is 406 g/mol. The first kappa shape index (κ1) is 19.6. The van der Waals surface area contributed by atoms with Crippen molar-refractivity contribution in [3.05, 3.63) is 89.2 Å². The summed E-state index contributed by atoms with van der Waals surface area (Å²) in [7, 11) is 0. The van der Waals surface area contributed by atoms with Crippen LogP contribution >= 0.6 is 11.8 Å². The lowest BCUT2D eigenvalue weighted by atomic mass is 10.1. The van der Waals surface area contributed by atoms with E-state index in [1.54, 1.807) is 4.57 Å². The molecule has 0 saturated heterocycles. The summed E-state index contributed by atoms with van der Waals surface area (Å²) in [5, 5.41) is 4.17. The SMILES string of the molecule is O=C(CSc1nc2ccccc2c(=O)n1C1CC1)Nc1ccc(-c2ccccc2)cc1. The topological polar surface area (TPSA) is 64.0 Å². The number of thioether (sulfide) groups is 1. The zero-order valence-corrected chi connectivity index (χ0v) is 17.6. The van der Waals surface area contributed by atoms with E-state index in [-0.39, 0.29) is 23.3 Å². The Morgan fingerprint density at radius 3 is 2.35 bits per heavy atom. The molecular formula is C25H21N3O2S. The van der Waals surface area contributed by atoms with Crippen LogP contribution in [0.5, 0.6) is 0 Å². The molecule has 5 rings (SSSR count). The summed E-state index contributed by atoms with van der Waals surface area (Å²) in [6, 6.07) is 25.5. The molecule has 0 bridgehead atoms. The number of amides is 1. The van der Waals surface area contributed by atoms with Gasteiger partial charge in [-0.1, -0.05) is 66.4 Å². The van der Waals surface area contributed by atoms with Crippen molar-refractivity contribution < 1.29 is 4.79 Å². The van der Waals surface area contributed by atoms with Crippen molar-refractivity contribution in [1.29, 1.82) is 0 Å². The molecule has 3 aromatic carbocycles. The second-order valence-electron chi connectivity index (χ2n) is 7.60. The minimum atomic E-state index is -0.123. The van der Waals surface area contributed by atoms with Gasteiger partial charge in [-0.15, -0.1) is 0 Å². The molecule has 31 heavy (non-hydrogen) atoms. The maximum atomic E-state index is 12.9. The van der Waals surface area contributed by atoms with Gasteiger partial charge in [-0.05, 0) is 48.2 Å². The third-order valence-electron chi connectivity index (χ3n) is 5.30. The van der Waals surface area contributed by atoms with Gasteiger partial charge in [-0.3, -0.25) is 14.2 Å². The largest absolute Gasteiger partial charge is 0.325 e. The molecule has 1 N–H and O–H groups in total. The molecule has 0 radical (unpaired) electrons. The molecule has 0 unspecified atom stereocenters. The number of benzene rings is 3. The number of nitrogens with one attached hydrogen (secondary N) is 1. The molecule has 1 heterocycles. The molecule has 1 amide bonds. The van der Waals surface area contributed by atoms with Gasteiger partial charge in [0, 0.05) is 11.7 Å². The Labute approximate surface area is 184 Å². The Balaban J connectivity index is 1.29. The van der Waals surface area contributed by atoms with Crippen LogP contribution < -0.4 is 10.9 Å². The monoisotopic (exact) mass is 427 g/mol. The van der Waals surface area contributed by atoms with E-state index < -0.39 is 0 Å². The number of nitrogens with zero attached hydrogens (tertiary/aromatic N) is 2. The molecule has 0 spiro atoms. The lowest BCUT2D eigenvalue weighted by molar-refractivity contribution is -0.113. The summed E-state index contributed by atoms with van der Waals surface area (Å²) >= 11 is 1.31. The first-order valence-electron chi connectivity index (χ1n) is 10.3. The minimum Gasteiger partial charge on any atom is -0.325 e. The fourth-order valence-electron chi connectivity index (χ4n) is 3.59. The molecule has 6 heteroatoms. The summed E-state index contributed by atoms with van der Waals surface area (Å²) < 4.78 is 1.76. The predicted octanol–water partition coefficient (Wildman–Crippen LogP) is 5.13. The van der Waals surface area contributed by atoms with Crippen molar-refractivity contribution in [2.75, 3.05) is 11.1 Å². The highest BCUT2D eigenvalue weighted by Crippen LogP contribution is 2.36. The van der Waals surface area contributed by atoms with Crippen LogP contribution in [-0.4, -0.2) is 21.2 Å². The molecule has 0 atom stereocenters. The zero-order chi connectivity index (χ0) is 21.2. The van der Waals surface area contributed by atoms with E-state index in [1.165, 1.54) is 11.8 Å². The molecule has 4 aromatic rings. The number of fused-ring (bicyclic) bond motifs is 1. The first-order valence-corrected chi connectivity index (χ1v) is 11.3. The second-order valence-corrected chi connectivity index (χ2v) is 8.54. The highest BCUT2D eigenvalue weighted by molar-refractivity contribution is 7.99. The van der Waals surface area contributed by atoms with E-state index in [2.05, 4.69) is 22.4 Å². The fraction of sp³-hybridized carbons (Fsp3) is 0.160. The molecule has 154 valence electrons. The second kappa shape index (κ2) is 8.40. The maximum absolute atomic E-state index is 12.9. The molecule has 1 saturated carbocycles. The predicted molar refractivity (Wildman–Crippen MR) is 126 cm³/mol. The Morgan fingerprint density at radius 1 is 0.935 bits per heavy atom. The van der Waals surface area contributed by atoms with Crippen LogP contribution in [0.3, 0.4) is 0 Å². The van der Waals surface area contributed by atoms with Crippen molar-refractivity contribution in [2.24, 2.45) is 0 Å². The van der Waals surface area contributed by atoms with Crippen LogP contribution in [-0.2, 0) is 4.79 Å². The number of hydrogen-bond donors (Lipinski definition) is 1. The third kappa shape index (κ3) is 4.25. The minimum absolute atomic E-state index is 0.0208. The molecule has 5 nitrogen and oxygen atoms in total. The van der Waals surface area contributed by atoms with Crippen LogP contribution in [0.2, 0.25) is 0 Å². The van der Waals surface area contributed by atoms with Gasteiger partial charge < -0.3 is 5.32 Å². The van der Waals surface area contributed by atoms with Crippen molar-refractivity contribution in [3.63, 3.8) is 0 Å². The number of carbonyl (C=O) groups is 1. The highest BCUT2D eigenvalue weighted by Gasteiger charge is 2.28. The Kier molecular flexibility index (Phi) is 5.30. The Bertz CT molecular complexity index is 1300. The normalized spacial score (nSPS) is 13.3. The van der Waals surface area contributed by atoms with Gasteiger partial charge in [-0.2, -0.15) is 0 Å². The summed E-state index contributed by atoms with van der Waals surface area (Å²) in [6.07, 6.45) is 1.96. The Hall–Kier alpha value is -3.38. The smallest absolute Gasteiger partial charge is 0.262 e. The van der Waals surface area contributed by atoms with Gasteiger partial charge >= 0.3 is 0 Å². The van der Waals surface area contributed by atoms with Gasteiger partial charge in [0.2, 0.25) is 5.91 Å². The number of anilines is 1. The van der Waals surface area contributed by atoms with Gasteiger partial charge in [0.25, 0.3) is 5.56 Å². The van der Waals surface area contributed by atoms with Crippen molar-refractivity contribution >= 4 is 34.3 Å². The third-order valence-corrected chi connectivity index (χ3v) is 6.25. The molecule has 1 aromatic heterocycles. The number of hydrogen-bond acceptors (Lipinski definition) is 4. The standard InChI is InChI=1S/C25H21N3O2S/c29-23(26-19-12-10-18(11-13-19)17-6-2-1-3-7-17)16-31-25-27-22-9-5-4-8-21(22)24(30)28(25)20-14-15-20/h1-13,20H,14-16H2,(H,26,29). The van der Waals surface area contributed by atoms with Gasteiger partial charge in [-0.25, -0.2) is 4.98 Å². The van der Waals surface area contributed by atoms with E-state index >= 15 is 0 Å². The fourth-order valence-corrected chi connectivity index (χ4v) is 4.45. The molecule has 1 aliphatic rings. The summed E-state index contributed by atoms with van der Waals surface area (Å²) in [6.45, 7) is 0. The number of carbonyl (C=O) groups excluding carboxylic acids is 1. The summed E-state index contributed by atoms with van der Waals surface area (Å²) in [4.78, 5) is 30.1. The lowest BCUT2D eigenvalue weighted by Gasteiger charge is -2.12. The van der Waals surface area contributed by atoms with E-state index in [0.717, 1.165) is 29.7 Å².